The minimum absolute atomic E-state index is 0.390. The number of oxime groups is 1. The van der Waals surface area contributed by atoms with E-state index in [4.69, 9.17) is 16.8 Å². The van der Waals surface area contributed by atoms with E-state index in [1.807, 2.05) is 0 Å². The van der Waals surface area contributed by atoms with Crippen molar-refractivity contribution < 1.29 is 22.8 Å². The SMILES string of the molecule is ON=Cc1cc(C(F)(F)F)nc(Cl)c1F. The number of rotatable bonds is 1. The van der Waals surface area contributed by atoms with Crippen molar-refractivity contribution in [1.82, 2.24) is 4.98 Å². The highest BCUT2D eigenvalue weighted by molar-refractivity contribution is 6.29. The molecule has 0 spiro atoms. The minimum atomic E-state index is -4.74. The first kappa shape index (κ1) is 11.7. The van der Waals surface area contributed by atoms with Gasteiger partial charge in [-0.1, -0.05) is 16.8 Å². The van der Waals surface area contributed by atoms with Gasteiger partial charge in [-0.05, 0) is 6.07 Å². The second-order valence-corrected chi connectivity index (χ2v) is 2.80. The highest BCUT2D eigenvalue weighted by Gasteiger charge is 2.34. The lowest BCUT2D eigenvalue weighted by Crippen LogP contribution is -2.10. The summed E-state index contributed by atoms with van der Waals surface area (Å²) in [5.41, 5.74) is -1.95. The molecule has 15 heavy (non-hydrogen) atoms. The second-order valence-electron chi connectivity index (χ2n) is 2.44. The van der Waals surface area contributed by atoms with Gasteiger partial charge in [0, 0.05) is 5.56 Å². The number of nitrogens with zero attached hydrogens (tertiary/aromatic N) is 2. The normalized spacial score (nSPS) is 12.3. The van der Waals surface area contributed by atoms with Gasteiger partial charge in [-0.25, -0.2) is 9.37 Å². The lowest BCUT2D eigenvalue weighted by atomic mass is 10.2. The molecule has 82 valence electrons. The van der Waals surface area contributed by atoms with E-state index in [1.165, 1.54) is 0 Å². The fourth-order valence-electron chi connectivity index (χ4n) is 0.818. The molecule has 1 heterocycles. The first-order chi connectivity index (χ1) is 6.86. The van der Waals surface area contributed by atoms with Crippen molar-refractivity contribution in [2.75, 3.05) is 0 Å². The largest absolute Gasteiger partial charge is 0.433 e. The Bertz CT molecular complexity index is 405. The number of alkyl halides is 3. The van der Waals surface area contributed by atoms with Crippen LogP contribution in [0.25, 0.3) is 0 Å². The van der Waals surface area contributed by atoms with Gasteiger partial charge in [-0.3, -0.25) is 0 Å². The van der Waals surface area contributed by atoms with E-state index in [0.717, 1.165) is 0 Å². The molecule has 3 nitrogen and oxygen atoms in total. The molecular weight excluding hydrogens is 240 g/mol. The molecule has 0 unspecified atom stereocenters. The van der Waals surface area contributed by atoms with Crippen LogP contribution in [0.1, 0.15) is 11.3 Å². The van der Waals surface area contributed by atoms with Gasteiger partial charge in [-0.15, -0.1) is 0 Å². The lowest BCUT2D eigenvalue weighted by molar-refractivity contribution is -0.141. The van der Waals surface area contributed by atoms with Gasteiger partial charge < -0.3 is 5.21 Å². The van der Waals surface area contributed by atoms with Crippen LogP contribution >= 0.6 is 11.6 Å². The molecule has 0 radical (unpaired) electrons. The fourth-order valence-corrected chi connectivity index (χ4v) is 1.02. The first-order valence-corrected chi connectivity index (χ1v) is 3.84. The number of hydrogen-bond acceptors (Lipinski definition) is 3. The van der Waals surface area contributed by atoms with E-state index >= 15 is 0 Å². The lowest BCUT2D eigenvalue weighted by Gasteiger charge is -2.07. The zero-order valence-electron chi connectivity index (χ0n) is 6.89. The zero-order valence-corrected chi connectivity index (χ0v) is 7.64. The van der Waals surface area contributed by atoms with Crippen molar-refractivity contribution in [3.8, 4) is 0 Å². The zero-order chi connectivity index (χ0) is 11.6. The molecule has 0 bridgehead atoms. The van der Waals surface area contributed by atoms with Gasteiger partial charge in [0.1, 0.15) is 5.69 Å². The number of hydrogen-bond donors (Lipinski definition) is 1. The molecule has 0 aromatic carbocycles. The summed E-state index contributed by atoms with van der Waals surface area (Å²) in [5, 5.41) is 9.57. The van der Waals surface area contributed by atoms with E-state index in [1.54, 1.807) is 0 Å². The molecular formula is C7H3ClF4N2O. The van der Waals surface area contributed by atoms with Crippen molar-refractivity contribution in [2.24, 2.45) is 5.16 Å². The Hall–Kier alpha value is -1.37. The Morgan fingerprint density at radius 1 is 1.47 bits per heavy atom. The maximum Gasteiger partial charge on any atom is 0.433 e. The summed E-state index contributed by atoms with van der Waals surface area (Å²) in [6, 6.07) is 0.390. The number of pyridine rings is 1. The standard InChI is InChI=1S/C7H3ClF4N2O/c8-6-5(9)3(2-13-15)1-4(14-6)7(10,11)12/h1-2,15H. The van der Waals surface area contributed by atoms with Gasteiger partial charge in [-0.2, -0.15) is 13.2 Å². The highest BCUT2D eigenvalue weighted by atomic mass is 35.5. The Kier molecular flexibility index (Phi) is 3.13. The molecule has 0 aliphatic heterocycles. The van der Waals surface area contributed by atoms with Gasteiger partial charge in [0.15, 0.2) is 11.0 Å². The second kappa shape index (κ2) is 4.01. The van der Waals surface area contributed by atoms with Crippen molar-refractivity contribution in [3.05, 3.63) is 28.3 Å². The van der Waals surface area contributed by atoms with Crippen LogP contribution in [0.2, 0.25) is 5.15 Å². The van der Waals surface area contributed by atoms with E-state index in [0.29, 0.717) is 12.3 Å². The molecule has 0 atom stereocenters. The monoisotopic (exact) mass is 242 g/mol. The van der Waals surface area contributed by atoms with Crippen molar-refractivity contribution in [1.29, 1.82) is 0 Å². The van der Waals surface area contributed by atoms with Crippen molar-refractivity contribution in [3.63, 3.8) is 0 Å². The fraction of sp³-hybridized carbons (Fsp3) is 0.143. The Morgan fingerprint density at radius 2 is 2.07 bits per heavy atom. The van der Waals surface area contributed by atoms with Gasteiger partial charge in [0.25, 0.3) is 0 Å². The summed E-state index contributed by atoms with van der Waals surface area (Å²) in [6.45, 7) is 0. The Labute approximate surface area is 86.0 Å². The summed E-state index contributed by atoms with van der Waals surface area (Å²) >= 11 is 5.13. The number of aromatic nitrogens is 1. The van der Waals surface area contributed by atoms with Crippen LogP contribution in [0.5, 0.6) is 0 Å². The Morgan fingerprint density at radius 3 is 2.53 bits per heavy atom. The third-order valence-corrected chi connectivity index (χ3v) is 1.68. The smallest absolute Gasteiger partial charge is 0.411 e. The van der Waals surface area contributed by atoms with E-state index < -0.39 is 28.4 Å². The summed E-state index contributed by atoms with van der Waals surface area (Å²) in [6.07, 6.45) is -4.24. The summed E-state index contributed by atoms with van der Waals surface area (Å²) in [5.74, 6) is -1.18. The summed E-state index contributed by atoms with van der Waals surface area (Å²) in [7, 11) is 0. The molecule has 0 aliphatic rings. The maximum absolute atomic E-state index is 13.0. The number of halogens is 5. The van der Waals surface area contributed by atoms with Crippen molar-refractivity contribution in [2.45, 2.75) is 6.18 Å². The van der Waals surface area contributed by atoms with Crippen LogP contribution in [0.15, 0.2) is 11.2 Å². The molecule has 0 saturated carbocycles. The average molecular weight is 243 g/mol. The molecule has 0 fully saturated rings. The summed E-state index contributed by atoms with van der Waals surface area (Å²) in [4.78, 5) is 2.81. The van der Waals surface area contributed by atoms with Crippen molar-refractivity contribution >= 4 is 17.8 Å². The van der Waals surface area contributed by atoms with Crippen LogP contribution < -0.4 is 0 Å². The quantitative estimate of drug-likeness (QED) is 0.271. The third-order valence-electron chi connectivity index (χ3n) is 1.43. The molecule has 1 rings (SSSR count). The Balaban J connectivity index is 3.36. The molecule has 0 aliphatic carbocycles. The van der Waals surface area contributed by atoms with Crippen LogP contribution in [-0.2, 0) is 6.18 Å². The van der Waals surface area contributed by atoms with E-state index in [-0.39, 0.29) is 0 Å². The third kappa shape index (κ3) is 2.56. The average Bonchev–Trinajstić information content (AvgIpc) is 2.11. The molecule has 8 heteroatoms. The van der Waals surface area contributed by atoms with Crippen LogP contribution in [0, 0.1) is 5.82 Å². The van der Waals surface area contributed by atoms with E-state index in [9.17, 15) is 17.6 Å². The summed E-state index contributed by atoms with van der Waals surface area (Å²) < 4.78 is 49.5. The topological polar surface area (TPSA) is 45.5 Å². The molecule has 0 amide bonds. The maximum atomic E-state index is 13.0. The van der Waals surface area contributed by atoms with Gasteiger partial charge in [0.05, 0.1) is 6.21 Å². The van der Waals surface area contributed by atoms with Crippen LogP contribution in [0.3, 0.4) is 0 Å². The van der Waals surface area contributed by atoms with Crippen LogP contribution in [0.4, 0.5) is 17.6 Å². The van der Waals surface area contributed by atoms with Crippen LogP contribution in [-0.4, -0.2) is 16.4 Å². The first-order valence-electron chi connectivity index (χ1n) is 3.47. The minimum Gasteiger partial charge on any atom is -0.411 e. The predicted molar refractivity (Wildman–Crippen MR) is 43.6 cm³/mol. The molecule has 0 saturated heterocycles. The molecule has 1 aromatic rings. The van der Waals surface area contributed by atoms with Gasteiger partial charge >= 0.3 is 6.18 Å². The predicted octanol–water partition coefficient (Wildman–Crippen LogP) is 2.70. The molecule has 1 N–H and O–H groups in total. The van der Waals surface area contributed by atoms with E-state index in [2.05, 4.69) is 10.1 Å². The highest BCUT2D eigenvalue weighted by Crippen LogP contribution is 2.30. The molecule has 1 aromatic heterocycles. The van der Waals surface area contributed by atoms with Gasteiger partial charge in [0.2, 0.25) is 0 Å².